The Balaban J connectivity index is 1.60. The van der Waals surface area contributed by atoms with Gasteiger partial charge in [-0.25, -0.2) is 4.68 Å². The summed E-state index contributed by atoms with van der Waals surface area (Å²) < 4.78 is 1.76. The van der Waals surface area contributed by atoms with Gasteiger partial charge in [-0.3, -0.25) is 9.78 Å². The molecule has 148 valence electrons. The molecule has 3 aromatic heterocycles. The predicted octanol–water partition coefficient (Wildman–Crippen LogP) is 4.33. The van der Waals surface area contributed by atoms with Crippen molar-refractivity contribution in [3.05, 3.63) is 89.2 Å². The van der Waals surface area contributed by atoms with Gasteiger partial charge >= 0.3 is 0 Å². The van der Waals surface area contributed by atoms with E-state index in [0.29, 0.717) is 17.3 Å². The van der Waals surface area contributed by atoms with E-state index in [1.807, 2.05) is 66.9 Å². The standard InChI is InChI=1S/C22H18N6OS/c1-14-18(21(29)25-16-8-3-2-4-9-16)19(15-7-5-11-23-13-15)28-22(24-14)26-20(27-28)17-10-6-12-30-17/h2-13,19H,1H3,(H,25,29)(H,24,26,27). The number of carbonyl (C=O) groups is 1. The molecule has 0 aliphatic carbocycles. The van der Waals surface area contributed by atoms with Crippen molar-refractivity contribution in [2.75, 3.05) is 10.6 Å². The fourth-order valence-electron chi connectivity index (χ4n) is 3.52. The summed E-state index contributed by atoms with van der Waals surface area (Å²) in [5, 5.41) is 13.0. The average molecular weight is 414 g/mol. The SMILES string of the molecule is CC1=C(C(=O)Nc2ccccc2)C(c2cccnc2)n2nc(-c3cccs3)nc2N1. The van der Waals surface area contributed by atoms with Crippen molar-refractivity contribution in [2.45, 2.75) is 13.0 Å². The van der Waals surface area contributed by atoms with Crippen LogP contribution in [-0.4, -0.2) is 25.7 Å². The first-order valence-corrected chi connectivity index (χ1v) is 10.3. The second-order valence-corrected chi connectivity index (χ2v) is 7.80. The highest BCUT2D eigenvalue weighted by atomic mass is 32.1. The molecule has 1 unspecified atom stereocenters. The first-order chi connectivity index (χ1) is 14.7. The van der Waals surface area contributed by atoms with E-state index in [-0.39, 0.29) is 5.91 Å². The third-order valence-electron chi connectivity index (χ3n) is 4.87. The van der Waals surface area contributed by atoms with Crippen molar-refractivity contribution in [3.63, 3.8) is 0 Å². The molecule has 4 aromatic rings. The molecule has 5 rings (SSSR count). The summed E-state index contributed by atoms with van der Waals surface area (Å²) in [5.41, 5.74) is 2.90. The summed E-state index contributed by atoms with van der Waals surface area (Å²) in [6.45, 7) is 1.88. The fraction of sp³-hybridized carbons (Fsp3) is 0.0909. The van der Waals surface area contributed by atoms with Crippen LogP contribution in [0.25, 0.3) is 10.7 Å². The van der Waals surface area contributed by atoms with Crippen molar-refractivity contribution in [3.8, 4) is 10.7 Å². The smallest absolute Gasteiger partial charge is 0.255 e. The van der Waals surface area contributed by atoms with Crippen LogP contribution in [0.2, 0.25) is 0 Å². The Labute approximate surface area is 177 Å². The molecule has 7 nitrogen and oxygen atoms in total. The van der Waals surface area contributed by atoms with Crippen LogP contribution < -0.4 is 10.6 Å². The Hall–Kier alpha value is -3.78. The lowest BCUT2D eigenvalue weighted by atomic mass is 9.96. The van der Waals surface area contributed by atoms with Gasteiger partial charge in [-0.2, -0.15) is 4.98 Å². The number of carbonyl (C=O) groups excluding carboxylic acids is 1. The Bertz CT molecular complexity index is 1220. The first kappa shape index (κ1) is 18.3. The Morgan fingerprint density at radius 3 is 2.73 bits per heavy atom. The molecule has 1 amide bonds. The minimum absolute atomic E-state index is 0.195. The summed E-state index contributed by atoms with van der Waals surface area (Å²) >= 11 is 1.57. The molecular weight excluding hydrogens is 396 g/mol. The maximum absolute atomic E-state index is 13.3. The quantitative estimate of drug-likeness (QED) is 0.519. The van der Waals surface area contributed by atoms with E-state index in [4.69, 9.17) is 5.10 Å². The van der Waals surface area contributed by atoms with Gasteiger partial charge in [-0.1, -0.05) is 30.3 Å². The maximum Gasteiger partial charge on any atom is 0.255 e. The number of amides is 1. The van der Waals surface area contributed by atoms with E-state index in [9.17, 15) is 4.79 Å². The molecule has 0 bridgehead atoms. The largest absolute Gasteiger partial charge is 0.328 e. The number of benzene rings is 1. The lowest BCUT2D eigenvalue weighted by Crippen LogP contribution is -2.31. The van der Waals surface area contributed by atoms with Crippen molar-refractivity contribution >= 4 is 28.9 Å². The van der Waals surface area contributed by atoms with Gasteiger partial charge in [0.15, 0.2) is 5.82 Å². The molecule has 1 aliphatic heterocycles. The van der Waals surface area contributed by atoms with E-state index >= 15 is 0 Å². The molecule has 0 saturated heterocycles. The Morgan fingerprint density at radius 2 is 2.00 bits per heavy atom. The number of hydrogen-bond donors (Lipinski definition) is 2. The number of para-hydroxylation sites is 1. The van der Waals surface area contributed by atoms with Gasteiger partial charge < -0.3 is 10.6 Å². The van der Waals surface area contributed by atoms with Gasteiger partial charge in [0.2, 0.25) is 5.95 Å². The number of pyridine rings is 1. The summed E-state index contributed by atoms with van der Waals surface area (Å²) in [6, 6.07) is 16.7. The zero-order valence-corrected chi connectivity index (χ0v) is 16.9. The van der Waals surface area contributed by atoms with Crippen LogP contribution in [-0.2, 0) is 4.79 Å². The minimum Gasteiger partial charge on any atom is -0.328 e. The van der Waals surface area contributed by atoms with Gasteiger partial charge in [0, 0.05) is 23.8 Å². The Kier molecular flexibility index (Phi) is 4.61. The van der Waals surface area contributed by atoms with Gasteiger partial charge in [0.25, 0.3) is 5.91 Å². The van der Waals surface area contributed by atoms with Crippen LogP contribution >= 0.6 is 11.3 Å². The lowest BCUT2D eigenvalue weighted by Gasteiger charge is -2.28. The van der Waals surface area contributed by atoms with Gasteiger partial charge in [0.1, 0.15) is 6.04 Å². The van der Waals surface area contributed by atoms with Crippen LogP contribution in [0.5, 0.6) is 0 Å². The maximum atomic E-state index is 13.3. The highest BCUT2D eigenvalue weighted by Crippen LogP contribution is 2.37. The van der Waals surface area contributed by atoms with Crippen molar-refractivity contribution in [2.24, 2.45) is 0 Å². The van der Waals surface area contributed by atoms with E-state index < -0.39 is 6.04 Å². The van der Waals surface area contributed by atoms with E-state index in [1.165, 1.54) is 0 Å². The number of aromatic nitrogens is 4. The molecular formula is C22H18N6OS. The van der Waals surface area contributed by atoms with Crippen molar-refractivity contribution < 1.29 is 4.79 Å². The van der Waals surface area contributed by atoms with E-state index in [0.717, 1.165) is 21.8 Å². The second kappa shape index (κ2) is 7.57. The molecule has 2 N–H and O–H groups in total. The molecule has 4 heterocycles. The highest BCUT2D eigenvalue weighted by molar-refractivity contribution is 7.13. The molecule has 0 radical (unpaired) electrons. The van der Waals surface area contributed by atoms with E-state index in [2.05, 4.69) is 20.6 Å². The number of nitrogens with one attached hydrogen (secondary N) is 2. The highest BCUT2D eigenvalue weighted by Gasteiger charge is 2.34. The minimum atomic E-state index is -0.445. The number of fused-ring (bicyclic) bond motifs is 1. The predicted molar refractivity (Wildman–Crippen MR) is 117 cm³/mol. The number of thiophene rings is 1. The number of rotatable bonds is 4. The molecule has 1 atom stereocenters. The fourth-order valence-corrected chi connectivity index (χ4v) is 4.17. The van der Waals surface area contributed by atoms with Crippen LogP contribution in [0.15, 0.2) is 83.6 Å². The average Bonchev–Trinajstić information content (AvgIpc) is 3.44. The second-order valence-electron chi connectivity index (χ2n) is 6.85. The van der Waals surface area contributed by atoms with Crippen molar-refractivity contribution in [1.82, 2.24) is 19.7 Å². The molecule has 1 aromatic carbocycles. The topological polar surface area (TPSA) is 84.7 Å². The summed E-state index contributed by atoms with van der Waals surface area (Å²) in [6.07, 6.45) is 3.47. The molecule has 30 heavy (non-hydrogen) atoms. The third-order valence-corrected chi connectivity index (χ3v) is 5.74. The van der Waals surface area contributed by atoms with E-state index in [1.54, 1.807) is 28.4 Å². The first-order valence-electron chi connectivity index (χ1n) is 9.45. The molecule has 0 saturated carbocycles. The van der Waals surface area contributed by atoms with Gasteiger partial charge in [-0.05, 0) is 42.1 Å². The van der Waals surface area contributed by atoms with Crippen LogP contribution in [0, 0.1) is 0 Å². The number of nitrogens with zero attached hydrogens (tertiary/aromatic N) is 4. The molecule has 0 spiro atoms. The van der Waals surface area contributed by atoms with Gasteiger partial charge in [-0.15, -0.1) is 16.4 Å². The lowest BCUT2D eigenvalue weighted by molar-refractivity contribution is -0.113. The number of allylic oxidation sites excluding steroid dienone is 1. The summed E-state index contributed by atoms with van der Waals surface area (Å²) in [4.78, 5) is 23.2. The van der Waals surface area contributed by atoms with Crippen LogP contribution in [0.4, 0.5) is 11.6 Å². The number of hydrogen-bond acceptors (Lipinski definition) is 6. The van der Waals surface area contributed by atoms with Gasteiger partial charge in [0.05, 0.1) is 10.5 Å². The summed E-state index contributed by atoms with van der Waals surface area (Å²) in [5.74, 6) is 1.03. The van der Waals surface area contributed by atoms with Crippen LogP contribution in [0.1, 0.15) is 18.5 Å². The normalized spacial score (nSPS) is 15.4. The van der Waals surface area contributed by atoms with Crippen LogP contribution in [0.3, 0.4) is 0 Å². The summed E-state index contributed by atoms with van der Waals surface area (Å²) in [7, 11) is 0. The zero-order chi connectivity index (χ0) is 20.5. The number of anilines is 2. The Morgan fingerprint density at radius 1 is 1.13 bits per heavy atom. The molecule has 1 aliphatic rings. The molecule has 0 fully saturated rings. The monoisotopic (exact) mass is 414 g/mol. The molecule has 8 heteroatoms. The zero-order valence-electron chi connectivity index (χ0n) is 16.1. The van der Waals surface area contributed by atoms with Crippen molar-refractivity contribution in [1.29, 1.82) is 0 Å². The third kappa shape index (κ3) is 3.27.